The van der Waals surface area contributed by atoms with Gasteiger partial charge in [-0.25, -0.2) is 4.98 Å². The first-order chi connectivity index (χ1) is 7.52. The fraction of sp³-hybridized carbons (Fsp3) is 0.182. The Morgan fingerprint density at radius 2 is 2.12 bits per heavy atom. The number of aromatic nitrogens is 2. The fourth-order valence-electron chi connectivity index (χ4n) is 1.52. The topological polar surface area (TPSA) is 17.8 Å². The lowest BCUT2D eigenvalue weighted by atomic mass is 10.2. The van der Waals surface area contributed by atoms with Gasteiger partial charge in [0.1, 0.15) is 0 Å². The highest BCUT2D eigenvalue weighted by Gasteiger charge is 2.30. The van der Waals surface area contributed by atoms with Gasteiger partial charge in [0.25, 0.3) is 0 Å². The van der Waals surface area contributed by atoms with E-state index < -0.39 is 11.7 Å². The summed E-state index contributed by atoms with van der Waals surface area (Å²) in [6.07, 6.45) is -1.20. The number of imidazole rings is 1. The maximum Gasteiger partial charge on any atom is 0.416 e. The maximum atomic E-state index is 12.5. The van der Waals surface area contributed by atoms with Crippen LogP contribution in [0.5, 0.6) is 0 Å². The molecule has 1 aromatic carbocycles. The van der Waals surface area contributed by atoms with Crippen molar-refractivity contribution in [3.05, 3.63) is 42.7 Å². The van der Waals surface area contributed by atoms with Gasteiger partial charge in [-0.3, -0.25) is 0 Å². The predicted molar refractivity (Wildman–Crippen MR) is 54.9 cm³/mol. The molecule has 16 heavy (non-hydrogen) atoms. The summed E-state index contributed by atoms with van der Waals surface area (Å²) in [4.78, 5) is 4.01. The van der Waals surface area contributed by atoms with Crippen molar-refractivity contribution in [1.29, 1.82) is 0 Å². The number of rotatable bonds is 2. The Morgan fingerprint density at radius 1 is 1.38 bits per heavy atom. The number of hydrogen-bond acceptors (Lipinski definition) is 1. The van der Waals surface area contributed by atoms with E-state index in [2.05, 4.69) is 11.6 Å². The van der Waals surface area contributed by atoms with E-state index in [0.29, 0.717) is 17.6 Å². The molecule has 0 unspecified atom stereocenters. The summed E-state index contributed by atoms with van der Waals surface area (Å²) in [5.74, 6) is 0. The SMILES string of the molecule is C=CCn1cnc2ccc(C(F)(F)F)cc21. The Hall–Kier alpha value is -1.78. The molecular weight excluding hydrogens is 217 g/mol. The van der Waals surface area contributed by atoms with Crippen LogP contribution in [0.3, 0.4) is 0 Å². The highest BCUT2D eigenvalue weighted by Crippen LogP contribution is 2.31. The number of nitrogens with zero attached hydrogens (tertiary/aromatic N) is 2. The van der Waals surface area contributed by atoms with E-state index in [1.165, 1.54) is 12.4 Å². The van der Waals surface area contributed by atoms with Gasteiger partial charge in [0.15, 0.2) is 0 Å². The second kappa shape index (κ2) is 3.66. The van der Waals surface area contributed by atoms with Crippen molar-refractivity contribution in [1.82, 2.24) is 9.55 Å². The molecule has 0 saturated carbocycles. The molecule has 0 fully saturated rings. The first kappa shape index (κ1) is 10.7. The van der Waals surface area contributed by atoms with Crippen molar-refractivity contribution in [2.45, 2.75) is 12.7 Å². The normalized spacial score (nSPS) is 11.9. The molecule has 1 aromatic heterocycles. The Bertz CT molecular complexity index is 525. The van der Waals surface area contributed by atoms with E-state index in [-0.39, 0.29) is 0 Å². The molecule has 2 aromatic rings. The van der Waals surface area contributed by atoms with Crippen molar-refractivity contribution in [2.75, 3.05) is 0 Å². The molecule has 2 rings (SSSR count). The minimum absolute atomic E-state index is 0.442. The molecule has 0 atom stereocenters. The Balaban J connectivity index is 2.58. The number of fused-ring (bicyclic) bond motifs is 1. The summed E-state index contributed by atoms with van der Waals surface area (Å²) in [5.41, 5.74) is 0.357. The van der Waals surface area contributed by atoms with E-state index in [4.69, 9.17) is 0 Å². The summed E-state index contributed by atoms with van der Waals surface area (Å²) >= 11 is 0. The highest BCUT2D eigenvalue weighted by molar-refractivity contribution is 5.76. The van der Waals surface area contributed by atoms with Gasteiger partial charge in [-0.1, -0.05) is 6.08 Å². The molecule has 0 spiro atoms. The summed E-state index contributed by atoms with van der Waals surface area (Å²) in [6, 6.07) is 3.51. The molecule has 0 aliphatic rings. The number of halogens is 3. The van der Waals surface area contributed by atoms with Gasteiger partial charge < -0.3 is 4.57 Å². The van der Waals surface area contributed by atoms with Crippen LogP contribution in [-0.4, -0.2) is 9.55 Å². The fourth-order valence-corrected chi connectivity index (χ4v) is 1.52. The molecule has 2 nitrogen and oxygen atoms in total. The number of alkyl halides is 3. The van der Waals surface area contributed by atoms with Crippen molar-refractivity contribution in [2.24, 2.45) is 0 Å². The first-order valence-corrected chi connectivity index (χ1v) is 4.65. The van der Waals surface area contributed by atoms with Crippen LogP contribution in [-0.2, 0) is 12.7 Å². The van der Waals surface area contributed by atoms with E-state index in [9.17, 15) is 13.2 Å². The monoisotopic (exact) mass is 226 g/mol. The van der Waals surface area contributed by atoms with Crippen molar-refractivity contribution in [3.8, 4) is 0 Å². The largest absolute Gasteiger partial charge is 0.416 e. The molecule has 0 saturated heterocycles. The molecule has 0 aliphatic carbocycles. The molecule has 0 N–H and O–H groups in total. The molecule has 0 bridgehead atoms. The zero-order valence-electron chi connectivity index (χ0n) is 8.33. The quantitative estimate of drug-likeness (QED) is 0.719. The molecule has 0 amide bonds. The summed E-state index contributed by atoms with van der Waals surface area (Å²) in [7, 11) is 0. The number of hydrogen-bond donors (Lipinski definition) is 0. The van der Waals surface area contributed by atoms with Gasteiger partial charge in [0.05, 0.1) is 22.9 Å². The first-order valence-electron chi connectivity index (χ1n) is 4.65. The number of allylic oxidation sites excluding steroid dienone is 1. The van der Waals surface area contributed by atoms with Gasteiger partial charge >= 0.3 is 6.18 Å². The number of benzene rings is 1. The third kappa shape index (κ3) is 1.80. The third-order valence-electron chi connectivity index (χ3n) is 2.27. The average Bonchev–Trinajstić information content (AvgIpc) is 2.60. The zero-order chi connectivity index (χ0) is 11.8. The van der Waals surface area contributed by atoms with Crippen LogP contribution >= 0.6 is 0 Å². The van der Waals surface area contributed by atoms with Gasteiger partial charge in [0.2, 0.25) is 0 Å². The lowest BCUT2D eigenvalue weighted by Crippen LogP contribution is -2.05. The summed E-state index contributed by atoms with van der Waals surface area (Å²) in [5, 5.41) is 0. The minimum Gasteiger partial charge on any atom is -0.327 e. The van der Waals surface area contributed by atoms with Gasteiger partial charge in [-0.15, -0.1) is 6.58 Å². The Kier molecular flexibility index (Phi) is 2.46. The second-order valence-electron chi connectivity index (χ2n) is 3.39. The highest BCUT2D eigenvalue weighted by atomic mass is 19.4. The Morgan fingerprint density at radius 3 is 2.75 bits per heavy atom. The molecule has 0 radical (unpaired) electrons. The van der Waals surface area contributed by atoms with Gasteiger partial charge in [0, 0.05) is 6.54 Å². The van der Waals surface area contributed by atoms with E-state index in [1.807, 2.05) is 0 Å². The standard InChI is InChI=1S/C11H9F3N2/c1-2-5-16-7-15-9-4-3-8(6-10(9)16)11(12,13)14/h2-4,6-7H,1,5H2. The van der Waals surface area contributed by atoms with Crippen LogP contribution in [0.2, 0.25) is 0 Å². The molecule has 5 heteroatoms. The summed E-state index contributed by atoms with van der Waals surface area (Å²) < 4.78 is 39.1. The Labute approximate surface area is 90.0 Å². The van der Waals surface area contributed by atoms with E-state index >= 15 is 0 Å². The van der Waals surface area contributed by atoms with Crippen LogP contribution in [0, 0.1) is 0 Å². The van der Waals surface area contributed by atoms with E-state index in [1.54, 1.807) is 10.6 Å². The van der Waals surface area contributed by atoms with Crippen molar-refractivity contribution >= 4 is 11.0 Å². The third-order valence-corrected chi connectivity index (χ3v) is 2.27. The predicted octanol–water partition coefficient (Wildman–Crippen LogP) is 3.24. The van der Waals surface area contributed by atoms with E-state index in [0.717, 1.165) is 12.1 Å². The molecule has 84 valence electrons. The second-order valence-corrected chi connectivity index (χ2v) is 3.39. The smallest absolute Gasteiger partial charge is 0.327 e. The summed E-state index contributed by atoms with van der Waals surface area (Å²) in [6.45, 7) is 3.98. The van der Waals surface area contributed by atoms with Gasteiger partial charge in [-0.05, 0) is 18.2 Å². The van der Waals surface area contributed by atoms with Crippen LogP contribution in [0.1, 0.15) is 5.56 Å². The lowest BCUT2D eigenvalue weighted by Gasteiger charge is -2.07. The average molecular weight is 226 g/mol. The maximum absolute atomic E-state index is 12.5. The molecule has 0 aliphatic heterocycles. The minimum atomic E-state index is -4.32. The molecule has 1 heterocycles. The molecular formula is C11H9F3N2. The van der Waals surface area contributed by atoms with Crippen LogP contribution in [0.4, 0.5) is 13.2 Å². The van der Waals surface area contributed by atoms with Gasteiger partial charge in [-0.2, -0.15) is 13.2 Å². The van der Waals surface area contributed by atoms with Crippen LogP contribution < -0.4 is 0 Å². The van der Waals surface area contributed by atoms with Crippen molar-refractivity contribution < 1.29 is 13.2 Å². The van der Waals surface area contributed by atoms with Crippen molar-refractivity contribution in [3.63, 3.8) is 0 Å². The zero-order valence-corrected chi connectivity index (χ0v) is 8.33. The van der Waals surface area contributed by atoms with Crippen LogP contribution in [0.25, 0.3) is 11.0 Å². The lowest BCUT2D eigenvalue weighted by molar-refractivity contribution is -0.137. The van der Waals surface area contributed by atoms with Crippen LogP contribution in [0.15, 0.2) is 37.2 Å².